The zero-order chi connectivity index (χ0) is 10.7. The molecule has 0 spiro atoms. The lowest BCUT2D eigenvalue weighted by molar-refractivity contribution is 0.568. The summed E-state index contributed by atoms with van der Waals surface area (Å²) in [5, 5.41) is 0.310. The van der Waals surface area contributed by atoms with Crippen LogP contribution in [0.15, 0.2) is 12.1 Å². The molecule has 1 aromatic rings. The molecule has 0 saturated carbocycles. The molecule has 0 aromatic heterocycles. The molecule has 6 heteroatoms. The predicted molar refractivity (Wildman–Crippen MR) is 64.3 cm³/mol. The van der Waals surface area contributed by atoms with Crippen LogP contribution in [-0.2, 0) is 0 Å². The smallest absolute Gasteiger partial charge is 0.148 e. The van der Waals surface area contributed by atoms with Gasteiger partial charge in [-0.3, -0.25) is 0 Å². The molecular formula is C9H12Cl3FN2. The minimum atomic E-state index is -0.555. The highest BCUT2D eigenvalue weighted by molar-refractivity contribution is 6.33. The van der Waals surface area contributed by atoms with Gasteiger partial charge >= 0.3 is 0 Å². The lowest BCUT2D eigenvalue weighted by Crippen LogP contribution is -2.17. The molecule has 0 radical (unpaired) electrons. The third-order valence-corrected chi connectivity index (χ3v) is 2.55. The molecule has 0 fully saturated rings. The Labute approximate surface area is 104 Å². The van der Waals surface area contributed by atoms with Gasteiger partial charge in [-0.05, 0) is 25.1 Å². The fourth-order valence-electron chi connectivity index (χ4n) is 1.21. The van der Waals surface area contributed by atoms with Crippen LogP contribution >= 0.6 is 35.6 Å². The highest BCUT2D eigenvalue weighted by Crippen LogP contribution is 2.30. The predicted octanol–water partition coefficient (Wildman–Crippen LogP) is 2.90. The molecule has 0 aliphatic carbocycles. The van der Waals surface area contributed by atoms with Gasteiger partial charge in [0.05, 0.1) is 5.02 Å². The fraction of sp³-hybridized carbons (Fsp3) is 0.333. The summed E-state index contributed by atoms with van der Waals surface area (Å²) >= 11 is 11.4. The second kappa shape index (κ2) is 6.51. The molecule has 1 atom stereocenters. The molecule has 15 heavy (non-hydrogen) atoms. The Hall–Kier alpha value is -0.0600. The molecule has 0 saturated heterocycles. The largest absolute Gasteiger partial charge is 0.330 e. The van der Waals surface area contributed by atoms with Crippen molar-refractivity contribution in [3.05, 3.63) is 33.6 Å². The van der Waals surface area contributed by atoms with Crippen LogP contribution in [0.1, 0.15) is 18.0 Å². The van der Waals surface area contributed by atoms with Crippen LogP contribution in [0.2, 0.25) is 10.0 Å². The highest BCUT2D eigenvalue weighted by Gasteiger charge is 2.17. The summed E-state index contributed by atoms with van der Waals surface area (Å²) in [6, 6.07) is 2.42. The summed E-state index contributed by atoms with van der Waals surface area (Å²) in [5.74, 6) is -0.555. The summed E-state index contributed by atoms with van der Waals surface area (Å²) in [4.78, 5) is 0. The Bertz CT molecular complexity index is 333. The molecular weight excluding hydrogens is 261 g/mol. The van der Waals surface area contributed by atoms with E-state index in [1.54, 1.807) is 0 Å². The van der Waals surface area contributed by atoms with Crippen molar-refractivity contribution in [3.63, 3.8) is 0 Å². The van der Waals surface area contributed by atoms with Crippen LogP contribution in [0.4, 0.5) is 4.39 Å². The standard InChI is InChI=1S/C9H11Cl2FN2.ClH/c10-5-1-2-6(11)9(12)8(5)7(14)3-4-13;/h1-2,7H,3-4,13-14H2;1H/t7-;/m0./s1. The van der Waals surface area contributed by atoms with Gasteiger partial charge in [0, 0.05) is 16.6 Å². The number of rotatable bonds is 3. The van der Waals surface area contributed by atoms with Crippen molar-refractivity contribution >= 4 is 35.6 Å². The Morgan fingerprint density at radius 2 is 1.80 bits per heavy atom. The minimum absolute atomic E-state index is 0. The van der Waals surface area contributed by atoms with Crippen molar-refractivity contribution < 1.29 is 4.39 Å². The first-order valence-electron chi connectivity index (χ1n) is 4.17. The lowest BCUT2D eigenvalue weighted by atomic mass is 10.0. The van der Waals surface area contributed by atoms with Crippen molar-refractivity contribution in [3.8, 4) is 0 Å². The molecule has 1 rings (SSSR count). The Morgan fingerprint density at radius 3 is 2.33 bits per heavy atom. The monoisotopic (exact) mass is 272 g/mol. The Morgan fingerprint density at radius 1 is 1.27 bits per heavy atom. The second-order valence-electron chi connectivity index (χ2n) is 2.94. The Balaban J connectivity index is 0.00000196. The third kappa shape index (κ3) is 3.47. The van der Waals surface area contributed by atoms with E-state index in [1.807, 2.05) is 0 Å². The van der Waals surface area contributed by atoms with Crippen LogP contribution < -0.4 is 11.5 Å². The van der Waals surface area contributed by atoms with Gasteiger partial charge in [-0.1, -0.05) is 23.2 Å². The SMILES string of the molecule is Cl.NCC[C@H](N)c1c(Cl)ccc(Cl)c1F. The van der Waals surface area contributed by atoms with Gasteiger partial charge in [-0.15, -0.1) is 12.4 Å². The molecule has 0 aliphatic heterocycles. The summed E-state index contributed by atoms with van der Waals surface area (Å²) < 4.78 is 13.5. The summed E-state index contributed by atoms with van der Waals surface area (Å²) in [6.45, 7) is 0.378. The van der Waals surface area contributed by atoms with E-state index in [4.69, 9.17) is 34.7 Å². The van der Waals surface area contributed by atoms with E-state index in [-0.39, 0.29) is 28.0 Å². The maximum atomic E-state index is 13.5. The number of benzene rings is 1. The van der Waals surface area contributed by atoms with E-state index < -0.39 is 11.9 Å². The van der Waals surface area contributed by atoms with E-state index in [0.29, 0.717) is 13.0 Å². The van der Waals surface area contributed by atoms with Crippen molar-refractivity contribution in [1.82, 2.24) is 0 Å². The zero-order valence-electron chi connectivity index (χ0n) is 7.84. The second-order valence-corrected chi connectivity index (χ2v) is 3.76. The summed E-state index contributed by atoms with van der Waals surface area (Å²) in [6.07, 6.45) is 0.469. The summed E-state index contributed by atoms with van der Waals surface area (Å²) in [7, 11) is 0. The molecule has 2 nitrogen and oxygen atoms in total. The lowest BCUT2D eigenvalue weighted by Gasteiger charge is -2.14. The average molecular weight is 274 g/mol. The van der Waals surface area contributed by atoms with Gasteiger partial charge in [-0.2, -0.15) is 0 Å². The van der Waals surface area contributed by atoms with E-state index >= 15 is 0 Å². The normalized spacial score (nSPS) is 12.1. The van der Waals surface area contributed by atoms with Gasteiger partial charge in [-0.25, -0.2) is 4.39 Å². The molecule has 0 unspecified atom stereocenters. The van der Waals surface area contributed by atoms with Crippen LogP contribution in [0, 0.1) is 5.82 Å². The number of halogens is 4. The summed E-state index contributed by atoms with van der Waals surface area (Å²) in [5.41, 5.74) is 11.3. The molecule has 4 N–H and O–H groups in total. The molecule has 0 amide bonds. The van der Waals surface area contributed by atoms with E-state index in [9.17, 15) is 4.39 Å². The van der Waals surface area contributed by atoms with Crippen molar-refractivity contribution in [2.75, 3.05) is 6.54 Å². The van der Waals surface area contributed by atoms with Crippen LogP contribution in [-0.4, -0.2) is 6.54 Å². The molecule has 1 aromatic carbocycles. The first kappa shape index (κ1) is 14.9. The molecule has 0 heterocycles. The van der Waals surface area contributed by atoms with Gasteiger partial charge in [0.15, 0.2) is 0 Å². The molecule has 0 bridgehead atoms. The number of hydrogen-bond donors (Lipinski definition) is 2. The van der Waals surface area contributed by atoms with Gasteiger partial charge in [0.1, 0.15) is 5.82 Å². The number of nitrogens with two attached hydrogens (primary N) is 2. The molecule has 86 valence electrons. The van der Waals surface area contributed by atoms with Crippen LogP contribution in [0.5, 0.6) is 0 Å². The van der Waals surface area contributed by atoms with Crippen molar-refractivity contribution in [1.29, 1.82) is 0 Å². The molecule has 0 aliphatic rings. The van der Waals surface area contributed by atoms with Crippen molar-refractivity contribution in [2.24, 2.45) is 11.5 Å². The van der Waals surface area contributed by atoms with Gasteiger partial charge < -0.3 is 11.5 Å². The van der Waals surface area contributed by atoms with Crippen LogP contribution in [0.25, 0.3) is 0 Å². The van der Waals surface area contributed by atoms with E-state index in [0.717, 1.165) is 0 Å². The quantitative estimate of drug-likeness (QED) is 0.832. The average Bonchev–Trinajstić information content (AvgIpc) is 2.13. The maximum absolute atomic E-state index is 13.5. The first-order chi connectivity index (χ1) is 6.57. The van der Waals surface area contributed by atoms with Crippen molar-refractivity contribution in [2.45, 2.75) is 12.5 Å². The van der Waals surface area contributed by atoms with Gasteiger partial charge in [0.2, 0.25) is 0 Å². The topological polar surface area (TPSA) is 52.0 Å². The van der Waals surface area contributed by atoms with Gasteiger partial charge in [0.25, 0.3) is 0 Å². The van der Waals surface area contributed by atoms with Crippen LogP contribution in [0.3, 0.4) is 0 Å². The third-order valence-electron chi connectivity index (χ3n) is 1.93. The zero-order valence-corrected chi connectivity index (χ0v) is 10.2. The Kier molecular flexibility index (Phi) is 6.48. The highest BCUT2D eigenvalue weighted by atomic mass is 35.5. The maximum Gasteiger partial charge on any atom is 0.148 e. The number of hydrogen-bond acceptors (Lipinski definition) is 2. The first-order valence-corrected chi connectivity index (χ1v) is 4.92. The fourth-order valence-corrected chi connectivity index (χ4v) is 1.66. The minimum Gasteiger partial charge on any atom is -0.330 e. The van der Waals surface area contributed by atoms with E-state index in [1.165, 1.54) is 12.1 Å². The van der Waals surface area contributed by atoms with E-state index in [2.05, 4.69) is 0 Å².